The molecule has 0 unspecified atom stereocenters. The first-order valence-electron chi connectivity index (χ1n) is 10.0. The predicted molar refractivity (Wildman–Crippen MR) is 91.5 cm³/mol. The van der Waals surface area contributed by atoms with Crippen LogP contribution in [0.3, 0.4) is 0 Å². The molecule has 4 saturated carbocycles. The molecule has 4 aliphatic carbocycles. The van der Waals surface area contributed by atoms with Gasteiger partial charge in [-0.15, -0.1) is 0 Å². The van der Waals surface area contributed by atoms with Crippen LogP contribution in [-0.4, -0.2) is 10.7 Å². The maximum Gasteiger partial charge on any atom is 0.0833 e. The molecule has 0 aliphatic heterocycles. The standard InChI is InChI=1S/C21H33NO/c1-19-10-4-3-5-15(19)6-7-16-17(19)8-11-20(2)18(16)9-12-21(20,23)13-14-22/h15-18,23H,3-13H2,1-2H3/t15-,16+,17-,18+,19-,20+,21-/m0/s1. The Hall–Kier alpha value is -0.550. The van der Waals surface area contributed by atoms with Gasteiger partial charge < -0.3 is 5.11 Å². The van der Waals surface area contributed by atoms with Crippen LogP contribution < -0.4 is 0 Å². The number of rotatable bonds is 1. The maximum absolute atomic E-state index is 11.2. The van der Waals surface area contributed by atoms with E-state index in [1.165, 1.54) is 44.9 Å². The number of fused-ring (bicyclic) bond motifs is 5. The lowest BCUT2D eigenvalue weighted by Gasteiger charge is -2.61. The third kappa shape index (κ3) is 2.02. The van der Waals surface area contributed by atoms with E-state index in [-0.39, 0.29) is 5.41 Å². The van der Waals surface area contributed by atoms with E-state index in [1.807, 2.05) is 0 Å². The molecule has 4 aliphatic rings. The molecular weight excluding hydrogens is 282 g/mol. The van der Waals surface area contributed by atoms with E-state index in [4.69, 9.17) is 0 Å². The fourth-order valence-corrected chi connectivity index (χ4v) is 7.83. The number of hydrogen-bond acceptors (Lipinski definition) is 2. The van der Waals surface area contributed by atoms with Crippen LogP contribution in [0.5, 0.6) is 0 Å². The first-order chi connectivity index (χ1) is 10.9. The normalized spacial score (nSPS) is 55.4. The Morgan fingerprint density at radius 3 is 2.52 bits per heavy atom. The summed E-state index contributed by atoms with van der Waals surface area (Å²) in [5, 5.41) is 20.4. The molecule has 0 aromatic carbocycles. The van der Waals surface area contributed by atoms with Gasteiger partial charge in [-0.25, -0.2) is 0 Å². The molecule has 0 aromatic heterocycles. The lowest BCUT2D eigenvalue weighted by molar-refractivity contribution is -0.149. The van der Waals surface area contributed by atoms with E-state index in [1.54, 1.807) is 0 Å². The van der Waals surface area contributed by atoms with Crippen molar-refractivity contribution >= 4 is 0 Å². The van der Waals surface area contributed by atoms with Gasteiger partial charge in [0.25, 0.3) is 0 Å². The molecule has 0 amide bonds. The molecule has 7 atom stereocenters. The molecule has 4 fully saturated rings. The van der Waals surface area contributed by atoms with Crippen molar-refractivity contribution in [3.8, 4) is 6.07 Å². The minimum Gasteiger partial charge on any atom is -0.388 e. The summed E-state index contributed by atoms with van der Waals surface area (Å²) in [6, 6.07) is 2.28. The predicted octanol–water partition coefficient (Wildman–Crippen LogP) is 5.06. The van der Waals surface area contributed by atoms with Crippen LogP contribution in [0.1, 0.15) is 84.5 Å². The Morgan fingerprint density at radius 2 is 1.74 bits per heavy atom. The zero-order valence-corrected chi connectivity index (χ0v) is 15.0. The van der Waals surface area contributed by atoms with E-state index < -0.39 is 5.60 Å². The van der Waals surface area contributed by atoms with Crippen LogP contribution in [0.4, 0.5) is 0 Å². The Labute approximate surface area is 141 Å². The second-order valence-corrected chi connectivity index (χ2v) is 9.76. The largest absolute Gasteiger partial charge is 0.388 e. The molecule has 128 valence electrons. The minimum atomic E-state index is -0.721. The van der Waals surface area contributed by atoms with Crippen molar-refractivity contribution in [2.45, 2.75) is 90.1 Å². The maximum atomic E-state index is 11.2. The zero-order chi connectivity index (χ0) is 16.3. The van der Waals surface area contributed by atoms with Gasteiger partial charge in [-0.2, -0.15) is 5.26 Å². The summed E-state index contributed by atoms with van der Waals surface area (Å²) < 4.78 is 0. The summed E-state index contributed by atoms with van der Waals surface area (Å²) in [6.07, 6.45) is 13.3. The van der Waals surface area contributed by atoms with Crippen LogP contribution in [-0.2, 0) is 0 Å². The van der Waals surface area contributed by atoms with Crippen LogP contribution >= 0.6 is 0 Å². The Kier molecular flexibility index (Phi) is 3.62. The summed E-state index contributed by atoms with van der Waals surface area (Å²) in [5.74, 6) is 3.30. The van der Waals surface area contributed by atoms with Gasteiger partial charge in [0, 0.05) is 5.41 Å². The summed E-state index contributed by atoms with van der Waals surface area (Å²) in [4.78, 5) is 0. The van der Waals surface area contributed by atoms with E-state index in [0.29, 0.717) is 17.8 Å². The molecule has 0 radical (unpaired) electrons. The molecule has 2 heteroatoms. The quantitative estimate of drug-likeness (QED) is 0.734. The second-order valence-electron chi connectivity index (χ2n) is 9.76. The van der Waals surface area contributed by atoms with E-state index in [0.717, 1.165) is 37.0 Å². The Bertz CT molecular complexity index is 524. The molecule has 1 N–H and O–H groups in total. The van der Waals surface area contributed by atoms with Gasteiger partial charge in [-0.3, -0.25) is 0 Å². The van der Waals surface area contributed by atoms with E-state index >= 15 is 0 Å². The van der Waals surface area contributed by atoms with Gasteiger partial charge in [-0.05, 0) is 80.5 Å². The third-order valence-electron chi connectivity index (χ3n) is 9.28. The molecule has 0 bridgehead atoms. The van der Waals surface area contributed by atoms with Gasteiger partial charge in [0.2, 0.25) is 0 Å². The fraction of sp³-hybridized carbons (Fsp3) is 0.952. The topological polar surface area (TPSA) is 44.0 Å². The number of hydrogen-bond donors (Lipinski definition) is 1. The molecule has 0 spiro atoms. The first-order valence-corrected chi connectivity index (χ1v) is 10.0. The number of aliphatic hydroxyl groups is 1. The van der Waals surface area contributed by atoms with Crippen LogP contribution in [0.15, 0.2) is 0 Å². The highest BCUT2D eigenvalue weighted by atomic mass is 16.3. The lowest BCUT2D eigenvalue weighted by Crippen LogP contribution is -2.56. The van der Waals surface area contributed by atoms with Crippen molar-refractivity contribution in [2.75, 3.05) is 0 Å². The Balaban J connectivity index is 1.64. The van der Waals surface area contributed by atoms with Crippen molar-refractivity contribution in [3.63, 3.8) is 0 Å². The van der Waals surface area contributed by atoms with Crippen LogP contribution in [0.25, 0.3) is 0 Å². The van der Waals surface area contributed by atoms with Crippen molar-refractivity contribution < 1.29 is 5.11 Å². The smallest absolute Gasteiger partial charge is 0.0833 e. The van der Waals surface area contributed by atoms with E-state index in [9.17, 15) is 10.4 Å². The third-order valence-corrected chi connectivity index (χ3v) is 9.28. The van der Waals surface area contributed by atoms with Gasteiger partial charge >= 0.3 is 0 Å². The highest BCUT2D eigenvalue weighted by Crippen LogP contribution is 2.68. The molecule has 23 heavy (non-hydrogen) atoms. The van der Waals surface area contributed by atoms with E-state index in [2.05, 4.69) is 19.9 Å². The van der Waals surface area contributed by atoms with Crippen molar-refractivity contribution in [1.29, 1.82) is 5.26 Å². The fourth-order valence-electron chi connectivity index (χ4n) is 7.83. The lowest BCUT2D eigenvalue weighted by atomic mass is 9.44. The first kappa shape index (κ1) is 15.9. The molecule has 0 aromatic rings. The zero-order valence-electron chi connectivity index (χ0n) is 15.0. The SMILES string of the molecule is C[C@]12CCCC[C@H]1CC[C@H]1[C@H]3CC[C@](O)(CC#N)[C@]3(C)CC[C@@H]12. The number of nitrogens with zero attached hydrogens (tertiary/aromatic N) is 1. The summed E-state index contributed by atoms with van der Waals surface area (Å²) in [5.41, 5.74) is -0.165. The molecule has 4 rings (SSSR count). The summed E-state index contributed by atoms with van der Waals surface area (Å²) in [6.45, 7) is 4.92. The minimum absolute atomic E-state index is 0.0121. The van der Waals surface area contributed by atoms with Crippen LogP contribution in [0.2, 0.25) is 0 Å². The summed E-state index contributed by atoms with van der Waals surface area (Å²) >= 11 is 0. The summed E-state index contributed by atoms with van der Waals surface area (Å²) in [7, 11) is 0. The van der Waals surface area contributed by atoms with Crippen molar-refractivity contribution in [1.82, 2.24) is 0 Å². The van der Waals surface area contributed by atoms with Gasteiger partial charge in [0.15, 0.2) is 0 Å². The average Bonchev–Trinajstić information content (AvgIpc) is 2.79. The monoisotopic (exact) mass is 315 g/mol. The molecular formula is C21H33NO. The Morgan fingerprint density at radius 1 is 0.957 bits per heavy atom. The number of nitriles is 1. The molecule has 0 heterocycles. The van der Waals surface area contributed by atoms with Crippen LogP contribution in [0, 0.1) is 45.8 Å². The molecule has 2 nitrogen and oxygen atoms in total. The van der Waals surface area contributed by atoms with Crippen molar-refractivity contribution in [2.24, 2.45) is 34.5 Å². The molecule has 0 saturated heterocycles. The average molecular weight is 316 g/mol. The second kappa shape index (κ2) is 5.22. The highest BCUT2D eigenvalue weighted by Gasteiger charge is 2.64. The highest BCUT2D eigenvalue weighted by molar-refractivity contribution is 5.15. The van der Waals surface area contributed by atoms with Gasteiger partial charge in [-0.1, -0.05) is 26.7 Å². The van der Waals surface area contributed by atoms with Gasteiger partial charge in [0.05, 0.1) is 18.1 Å². The van der Waals surface area contributed by atoms with Gasteiger partial charge in [0.1, 0.15) is 0 Å². The van der Waals surface area contributed by atoms with Crippen molar-refractivity contribution in [3.05, 3.63) is 0 Å².